The number of carbonyl (C=O) groups excluding carboxylic acids is 1. The van der Waals surface area contributed by atoms with Crippen LogP contribution in [-0.4, -0.2) is 59.2 Å². The molecule has 1 aliphatic heterocycles. The Morgan fingerprint density at radius 2 is 2.08 bits per heavy atom. The van der Waals surface area contributed by atoms with E-state index in [2.05, 4.69) is 35.0 Å². The summed E-state index contributed by atoms with van der Waals surface area (Å²) in [5, 5.41) is 12.3. The summed E-state index contributed by atoms with van der Waals surface area (Å²) in [7, 11) is 0. The highest BCUT2D eigenvalue weighted by atomic mass is 16.5. The number of anilines is 1. The molecule has 1 unspecified atom stereocenters. The molecule has 2 aromatic heterocycles. The smallest absolute Gasteiger partial charge is 0.228 e. The van der Waals surface area contributed by atoms with E-state index in [1.54, 1.807) is 0 Å². The van der Waals surface area contributed by atoms with Crippen LogP contribution in [0.15, 0.2) is 42.7 Å². The quantitative estimate of drug-likeness (QED) is 0.515. The van der Waals surface area contributed by atoms with Crippen molar-refractivity contribution >= 4 is 22.5 Å². The second-order valence-electron chi connectivity index (χ2n) is 10.2. The lowest BCUT2D eigenvalue weighted by atomic mass is 9.95. The lowest BCUT2D eigenvalue weighted by Crippen LogP contribution is -2.55. The molecule has 3 aromatic rings. The van der Waals surface area contributed by atoms with Gasteiger partial charge >= 0.3 is 0 Å². The Morgan fingerprint density at radius 1 is 1.22 bits per heavy atom. The zero-order chi connectivity index (χ0) is 24.8. The minimum Gasteiger partial charge on any atom is -0.378 e. The van der Waals surface area contributed by atoms with Crippen LogP contribution in [0.3, 0.4) is 0 Å². The van der Waals surface area contributed by atoms with Gasteiger partial charge in [-0.05, 0) is 56.2 Å². The van der Waals surface area contributed by atoms with E-state index < -0.39 is 0 Å². The fourth-order valence-electron chi connectivity index (χ4n) is 5.60. The standard InChI is InChI=1S/C29H31N5O2/c1-3-36-26-14-25(26)29(35)34-12-11-33(17-18(34)2)28-21(15-30)13-24(27(32-28)19-7-8-19)23-6-4-5-20-16-31-10-9-22(20)23/h4-6,9-10,13,16,18-19,25-26H,3,7-8,11-12,14,17H2,1-2H3/t18-,25?,26-/m1/s1. The number of aromatic nitrogens is 2. The third-order valence-corrected chi connectivity index (χ3v) is 7.73. The summed E-state index contributed by atoms with van der Waals surface area (Å²) in [6.07, 6.45) is 6.85. The number of nitriles is 1. The van der Waals surface area contributed by atoms with Gasteiger partial charge in [0, 0.05) is 61.5 Å². The van der Waals surface area contributed by atoms with E-state index in [-0.39, 0.29) is 24.0 Å². The highest BCUT2D eigenvalue weighted by Crippen LogP contribution is 2.46. The van der Waals surface area contributed by atoms with Crippen LogP contribution >= 0.6 is 0 Å². The largest absolute Gasteiger partial charge is 0.378 e. The Kier molecular flexibility index (Phi) is 5.85. The second-order valence-corrected chi connectivity index (χ2v) is 10.2. The number of benzene rings is 1. The third-order valence-electron chi connectivity index (χ3n) is 7.73. The van der Waals surface area contributed by atoms with E-state index in [0.29, 0.717) is 37.7 Å². The number of piperazine rings is 1. The van der Waals surface area contributed by atoms with Gasteiger partial charge in [-0.15, -0.1) is 0 Å². The first-order valence-electron chi connectivity index (χ1n) is 13.0. The Balaban J connectivity index is 1.31. The summed E-state index contributed by atoms with van der Waals surface area (Å²) in [4.78, 5) is 26.7. The summed E-state index contributed by atoms with van der Waals surface area (Å²) in [6.45, 7) is 6.69. The second kappa shape index (κ2) is 9.18. The normalized spacial score (nSPS) is 23.5. The fourth-order valence-corrected chi connectivity index (χ4v) is 5.60. The molecular formula is C29H31N5O2. The predicted molar refractivity (Wildman–Crippen MR) is 139 cm³/mol. The molecular weight excluding hydrogens is 450 g/mol. The Labute approximate surface area is 211 Å². The van der Waals surface area contributed by atoms with Crippen molar-refractivity contribution in [1.82, 2.24) is 14.9 Å². The lowest BCUT2D eigenvalue weighted by molar-refractivity contribution is -0.136. The van der Waals surface area contributed by atoms with E-state index in [4.69, 9.17) is 9.72 Å². The van der Waals surface area contributed by atoms with Crippen molar-refractivity contribution in [2.24, 2.45) is 5.92 Å². The molecule has 3 fully saturated rings. The third kappa shape index (κ3) is 4.10. The summed E-state index contributed by atoms with van der Waals surface area (Å²) >= 11 is 0. The molecule has 3 aliphatic rings. The molecule has 7 heteroatoms. The first kappa shape index (κ1) is 22.9. The van der Waals surface area contributed by atoms with E-state index >= 15 is 0 Å². The molecule has 36 heavy (non-hydrogen) atoms. The molecule has 184 valence electrons. The van der Waals surface area contributed by atoms with Crippen LogP contribution in [-0.2, 0) is 9.53 Å². The molecule has 7 nitrogen and oxygen atoms in total. The van der Waals surface area contributed by atoms with Gasteiger partial charge in [0.05, 0.1) is 23.3 Å². The SMILES string of the molecule is CCO[C@@H]1CC1C(=O)N1CCN(c2nc(C3CC3)c(-c3cccc4cnccc34)cc2C#N)C[C@H]1C. The number of nitrogens with zero attached hydrogens (tertiary/aromatic N) is 5. The van der Waals surface area contributed by atoms with Crippen molar-refractivity contribution in [2.75, 3.05) is 31.1 Å². The molecule has 0 bridgehead atoms. The zero-order valence-electron chi connectivity index (χ0n) is 20.9. The molecule has 1 saturated heterocycles. The summed E-state index contributed by atoms with van der Waals surface area (Å²) in [5.41, 5.74) is 3.82. The Bertz CT molecular complexity index is 1360. The molecule has 0 N–H and O–H groups in total. The number of hydrogen-bond acceptors (Lipinski definition) is 6. The van der Waals surface area contributed by atoms with Crippen LogP contribution in [0.1, 0.15) is 50.3 Å². The minimum atomic E-state index is 0.00314. The molecule has 2 aliphatic carbocycles. The average molecular weight is 482 g/mol. The van der Waals surface area contributed by atoms with Crippen LogP contribution in [0, 0.1) is 17.2 Å². The maximum Gasteiger partial charge on any atom is 0.228 e. The van der Waals surface area contributed by atoms with Gasteiger partial charge < -0.3 is 14.5 Å². The number of pyridine rings is 2. The predicted octanol–water partition coefficient (Wildman–Crippen LogP) is 4.51. The number of fused-ring (bicyclic) bond motifs is 1. The molecule has 0 radical (unpaired) electrons. The van der Waals surface area contributed by atoms with E-state index in [1.807, 2.05) is 42.4 Å². The molecule has 3 heterocycles. The lowest BCUT2D eigenvalue weighted by Gasteiger charge is -2.41. The molecule has 2 saturated carbocycles. The van der Waals surface area contributed by atoms with Crippen LogP contribution in [0.2, 0.25) is 0 Å². The van der Waals surface area contributed by atoms with Crippen molar-refractivity contribution in [3.8, 4) is 17.2 Å². The maximum absolute atomic E-state index is 13.0. The molecule has 1 amide bonds. The summed E-state index contributed by atoms with van der Waals surface area (Å²) in [5.74, 6) is 1.38. The highest BCUT2D eigenvalue weighted by molar-refractivity contribution is 5.97. The number of ether oxygens (including phenoxy) is 1. The van der Waals surface area contributed by atoms with E-state index in [9.17, 15) is 10.1 Å². The van der Waals surface area contributed by atoms with E-state index in [0.717, 1.165) is 52.7 Å². The Hall–Kier alpha value is -3.50. The van der Waals surface area contributed by atoms with Gasteiger partial charge in [0.2, 0.25) is 5.91 Å². The van der Waals surface area contributed by atoms with Gasteiger partial charge in [-0.1, -0.05) is 18.2 Å². The minimum absolute atomic E-state index is 0.00314. The van der Waals surface area contributed by atoms with Crippen molar-refractivity contribution in [1.29, 1.82) is 5.26 Å². The van der Waals surface area contributed by atoms with Crippen molar-refractivity contribution < 1.29 is 9.53 Å². The number of rotatable bonds is 6. The van der Waals surface area contributed by atoms with Gasteiger partial charge in [-0.2, -0.15) is 5.26 Å². The number of carbonyl (C=O) groups is 1. The average Bonchev–Trinajstić information content (AvgIpc) is 3.83. The van der Waals surface area contributed by atoms with Gasteiger partial charge in [-0.25, -0.2) is 4.98 Å². The van der Waals surface area contributed by atoms with Crippen molar-refractivity contribution in [2.45, 2.75) is 51.2 Å². The molecule has 1 aromatic carbocycles. The van der Waals surface area contributed by atoms with Crippen molar-refractivity contribution in [3.05, 3.63) is 54.0 Å². The molecule has 0 spiro atoms. The summed E-state index contributed by atoms with van der Waals surface area (Å²) < 4.78 is 5.64. The summed E-state index contributed by atoms with van der Waals surface area (Å²) in [6, 6.07) is 12.8. The van der Waals surface area contributed by atoms with E-state index in [1.165, 1.54) is 0 Å². The number of amides is 1. The van der Waals surface area contributed by atoms with Crippen LogP contribution in [0.5, 0.6) is 0 Å². The first-order chi connectivity index (χ1) is 17.6. The van der Waals surface area contributed by atoms with Crippen LogP contribution in [0.4, 0.5) is 5.82 Å². The van der Waals surface area contributed by atoms with Crippen molar-refractivity contribution in [3.63, 3.8) is 0 Å². The van der Waals surface area contributed by atoms with Crippen LogP contribution in [0.25, 0.3) is 21.9 Å². The Morgan fingerprint density at radius 3 is 2.83 bits per heavy atom. The topological polar surface area (TPSA) is 82.3 Å². The zero-order valence-corrected chi connectivity index (χ0v) is 20.9. The monoisotopic (exact) mass is 481 g/mol. The van der Waals surface area contributed by atoms with Gasteiger partial charge in [0.1, 0.15) is 11.9 Å². The molecule has 3 atom stereocenters. The fraction of sp³-hybridized carbons (Fsp3) is 0.448. The van der Waals surface area contributed by atoms with Gasteiger partial charge in [0.25, 0.3) is 0 Å². The van der Waals surface area contributed by atoms with Crippen LogP contribution < -0.4 is 4.90 Å². The first-order valence-corrected chi connectivity index (χ1v) is 13.0. The number of hydrogen-bond donors (Lipinski definition) is 0. The molecule has 6 rings (SSSR count). The highest BCUT2D eigenvalue weighted by Gasteiger charge is 2.47. The maximum atomic E-state index is 13.0. The van der Waals surface area contributed by atoms with Gasteiger partial charge in [-0.3, -0.25) is 9.78 Å². The van der Waals surface area contributed by atoms with Gasteiger partial charge in [0.15, 0.2) is 0 Å².